The van der Waals surface area contributed by atoms with Crippen LogP contribution in [-0.4, -0.2) is 35.3 Å². The molecule has 128 valence electrons. The number of nitrogens with zero attached hydrogens (tertiary/aromatic N) is 1. The standard InChI is InChI=1S/C18H16ClN3O3/c19-13-6-8-14(9-7-13)20-16(23)11-22-17(24)15(21-18(22)25)10-12-4-2-1-3-5-12/h1-9,15H,10-11H2,(H,20,23)(H,21,25). The van der Waals surface area contributed by atoms with E-state index in [2.05, 4.69) is 10.6 Å². The third-order valence-corrected chi connectivity index (χ3v) is 4.07. The monoisotopic (exact) mass is 357 g/mol. The van der Waals surface area contributed by atoms with Gasteiger partial charge < -0.3 is 10.6 Å². The molecule has 25 heavy (non-hydrogen) atoms. The number of nitrogens with one attached hydrogen (secondary N) is 2. The number of rotatable bonds is 5. The molecule has 1 aliphatic heterocycles. The number of imide groups is 1. The van der Waals surface area contributed by atoms with Gasteiger partial charge in [-0.05, 0) is 29.8 Å². The number of amides is 4. The van der Waals surface area contributed by atoms with Crippen molar-refractivity contribution in [1.82, 2.24) is 10.2 Å². The molecule has 1 unspecified atom stereocenters. The Hall–Kier alpha value is -2.86. The largest absolute Gasteiger partial charge is 0.325 e. The summed E-state index contributed by atoms with van der Waals surface area (Å²) in [7, 11) is 0. The van der Waals surface area contributed by atoms with Gasteiger partial charge >= 0.3 is 6.03 Å². The molecule has 2 N–H and O–H groups in total. The van der Waals surface area contributed by atoms with E-state index >= 15 is 0 Å². The molecule has 1 fully saturated rings. The van der Waals surface area contributed by atoms with E-state index in [1.807, 2.05) is 30.3 Å². The van der Waals surface area contributed by atoms with Gasteiger partial charge in [-0.15, -0.1) is 0 Å². The first kappa shape index (κ1) is 17.0. The quantitative estimate of drug-likeness (QED) is 0.807. The van der Waals surface area contributed by atoms with Crippen molar-refractivity contribution in [1.29, 1.82) is 0 Å². The number of urea groups is 1. The molecule has 7 heteroatoms. The van der Waals surface area contributed by atoms with E-state index in [0.29, 0.717) is 17.1 Å². The second kappa shape index (κ2) is 7.36. The molecule has 1 saturated heterocycles. The van der Waals surface area contributed by atoms with Crippen LogP contribution in [-0.2, 0) is 16.0 Å². The minimum atomic E-state index is -0.654. The van der Waals surface area contributed by atoms with Crippen molar-refractivity contribution in [2.75, 3.05) is 11.9 Å². The van der Waals surface area contributed by atoms with E-state index in [0.717, 1.165) is 10.5 Å². The molecule has 2 aromatic rings. The van der Waals surface area contributed by atoms with Gasteiger partial charge in [-0.1, -0.05) is 41.9 Å². The van der Waals surface area contributed by atoms with Crippen molar-refractivity contribution in [2.45, 2.75) is 12.5 Å². The van der Waals surface area contributed by atoms with Crippen molar-refractivity contribution in [3.63, 3.8) is 0 Å². The van der Waals surface area contributed by atoms with Gasteiger partial charge in [0.15, 0.2) is 0 Å². The van der Waals surface area contributed by atoms with Crippen molar-refractivity contribution < 1.29 is 14.4 Å². The van der Waals surface area contributed by atoms with E-state index in [-0.39, 0.29) is 6.54 Å². The normalized spacial score (nSPS) is 16.7. The highest BCUT2D eigenvalue weighted by molar-refractivity contribution is 6.30. The molecule has 2 aromatic carbocycles. The Morgan fingerprint density at radius 2 is 1.76 bits per heavy atom. The second-order valence-corrected chi connectivity index (χ2v) is 6.11. The Bertz CT molecular complexity index is 793. The SMILES string of the molecule is O=C(CN1C(=O)NC(Cc2ccccc2)C1=O)Nc1ccc(Cl)cc1. The molecule has 0 aromatic heterocycles. The van der Waals surface area contributed by atoms with Gasteiger partial charge in [0.25, 0.3) is 5.91 Å². The van der Waals surface area contributed by atoms with Crippen LogP contribution >= 0.6 is 11.6 Å². The van der Waals surface area contributed by atoms with Crippen molar-refractivity contribution in [2.24, 2.45) is 0 Å². The molecule has 0 spiro atoms. The lowest BCUT2D eigenvalue weighted by Gasteiger charge is -2.13. The summed E-state index contributed by atoms with van der Waals surface area (Å²) in [6.45, 7) is -0.335. The number of benzene rings is 2. The summed E-state index contributed by atoms with van der Waals surface area (Å²) >= 11 is 5.79. The fourth-order valence-electron chi connectivity index (χ4n) is 2.59. The Balaban J connectivity index is 1.60. The van der Waals surface area contributed by atoms with Gasteiger partial charge in [0.2, 0.25) is 5.91 Å². The Morgan fingerprint density at radius 1 is 1.08 bits per heavy atom. The predicted molar refractivity (Wildman–Crippen MR) is 94.3 cm³/mol. The fourth-order valence-corrected chi connectivity index (χ4v) is 2.72. The fraction of sp³-hybridized carbons (Fsp3) is 0.167. The first-order chi connectivity index (χ1) is 12.0. The average molecular weight is 358 g/mol. The summed E-state index contributed by atoms with van der Waals surface area (Å²) in [6, 6.07) is 14.7. The Morgan fingerprint density at radius 3 is 2.44 bits per heavy atom. The van der Waals surface area contributed by atoms with Crippen LogP contribution in [0.25, 0.3) is 0 Å². The van der Waals surface area contributed by atoms with Gasteiger partial charge in [-0.25, -0.2) is 4.79 Å². The lowest BCUT2D eigenvalue weighted by Crippen LogP contribution is -2.38. The summed E-state index contributed by atoms with van der Waals surface area (Å²) in [5.41, 5.74) is 1.48. The van der Waals surface area contributed by atoms with E-state index in [1.165, 1.54) is 0 Å². The number of carbonyl (C=O) groups excluding carboxylic acids is 3. The minimum Gasteiger partial charge on any atom is -0.325 e. The molecule has 1 atom stereocenters. The zero-order valence-corrected chi connectivity index (χ0v) is 14.0. The van der Waals surface area contributed by atoms with Gasteiger partial charge in [0.05, 0.1) is 0 Å². The van der Waals surface area contributed by atoms with Crippen LogP contribution in [0.3, 0.4) is 0 Å². The first-order valence-corrected chi connectivity index (χ1v) is 8.12. The maximum Gasteiger partial charge on any atom is 0.325 e. The number of hydrogen-bond donors (Lipinski definition) is 2. The predicted octanol–water partition coefficient (Wildman–Crippen LogP) is 2.44. The summed E-state index contributed by atoms with van der Waals surface area (Å²) in [5.74, 6) is -0.855. The Kier molecular flexibility index (Phi) is 5.00. The van der Waals surface area contributed by atoms with Crippen LogP contribution in [0.5, 0.6) is 0 Å². The summed E-state index contributed by atoms with van der Waals surface area (Å²) in [6.07, 6.45) is 0.390. The van der Waals surface area contributed by atoms with Gasteiger partial charge in [-0.2, -0.15) is 0 Å². The highest BCUT2D eigenvalue weighted by Gasteiger charge is 2.38. The third kappa shape index (κ3) is 4.16. The van der Waals surface area contributed by atoms with Crippen molar-refractivity contribution in [3.8, 4) is 0 Å². The second-order valence-electron chi connectivity index (χ2n) is 5.67. The molecule has 4 amide bonds. The van der Waals surface area contributed by atoms with Crippen molar-refractivity contribution in [3.05, 3.63) is 65.2 Å². The molecule has 0 saturated carbocycles. The van der Waals surface area contributed by atoms with Crippen molar-refractivity contribution >= 4 is 35.1 Å². The number of hydrogen-bond acceptors (Lipinski definition) is 3. The zero-order chi connectivity index (χ0) is 17.8. The Labute approximate surface area is 149 Å². The van der Waals surface area contributed by atoms with Gasteiger partial charge in [0.1, 0.15) is 12.6 Å². The van der Waals surface area contributed by atoms with E-state index in [1.54, 1.807) is 24.3 Å². The molecule has 3 rings (SSSR count). The van der Waals surface area contributed by atoms with Gasteiger partial charge in [-0.3, -0.25) is 14.5 Å². The molecular formula is C18H16ClN3O3. The average Bonchev–Trinajstić information content (AvgIpc) is 2.85. The molecule has 1 aliphatic rings. The topological polar surface area (TPSA) is 78.5 Å². The summed E-state index contributed by atoms with van der Waals surface area (Å²) in [4.78, 5) is 37.4. The van der Waals surface area contributed by atoms with Crippen LogP contribution in [0.15, 0.2) is 54.6 Å². The molecule has 6 nitrogen and oxygen atoms in total. The van der Waals surface area contributed by atoms with Crippen LogP contribution in [0, 0.1) is 0 Å². The summed E-state index contributed by atoms with van der Waals surface area (Å²) in [5, 5.41) is 5.80. The maximum atomic E-state index is 12.4. The smallest absolute Gasteiger partial charge is 0.325 e. The van der Waals surface area contributed by atoms with Crippen LogP contribution in [0.1, 0.15) is 5.56 Å². The van der Waals surface area contributed by atoms with Crippen LogP contribution in [0.4, 0.5) is 10.5 Å². The van der Waals surface area contributed by atoms with E-state index in [4.69, 9.17) is 11.6 Å². The first-order valence-electron chi connectivity index (χ1n) is 7.74. The highest BCUT2D eigenvalue weighted by Crippen LogP contribution is 2.15. The molecule has 0 radical (unpaired) electrons. The lowest BCUT2D eigenvalue weighted by atomic mass is 10.1. The number of anilines is 1. The van der Waals surface area contributed by atoms with E-state index < -0.39 is 23.9 Å². The zero-order valence-electron chi connectivity index (χ0n) is 13.2. The molecule has 0 aliphatic carbocycles. The maximum absolute atomic E-state index is 12.4. The van der Waals surface area contributed by atoms with Crippen LogP contribution in [0.2, 0.25) is 5.02 Å². The van der Waals surface area contributed by atoms with Gasteiger partial charge in [0, 0.05) is 17.1 Å². The summed E-state index contributed by atoms with van der Waals surface area (Å²) < 4.78 is 0. The lowest BCUT2D eigenvalue weighted by molar-refractivity contribution is -0.130. The van der Waals surface area contributed by atoms with Crippen LogP contribution < -0.4 is 10.6 Å². The highest BCUT2D eigenvalue weighted by atomic mass is 35.5. The molecule has 1 heterocycles. The van der Waals surface area contributed by atoms with E-state index in [9.17, 15) is 14.4 Å². The number of carbonyl (C=O) groups is 3. The molecule has 0 bridgehead atoms. The number of halogens is 1. The third-order valence-electron chi connectivity index (χ3n) is 3.82. The minimum absolute atomic E-state index is 0.335. The molecular weight excluding hydrogens is 342 g/mol.